The van der Waals surface area contributed by atoms with E-state index in [1.165, 1.54) is 23.5 Å². The summed E-state index contributed by atoms with van der Waals surface area (Å²) in [6.07, 6.45) is 0. The predicted molar refractivity (Wildman–Crippen MR) is 95.2 cm³/mol. The van der Waals surface area contributed by atoms with Gasteiger partial charge in [-0.1, -0.05) is 12.1 Å². The van der Waals surface area contributed by atoms with Gasteiger partial charge < -0.3 is 5.32 Å². The second-order valence-electron chi connectivity index (χ2n) is 5.32. The molecule has 2 N–H and O–H groups in total. The van der Waals surface area contributed by atoms with E-state index in [2.05, 4.69) is 15.5 Å². The Balaban J connectivity index is 1.91. The van der Waals surface area contributed by atoms with Gasteiger partial charge in [0.05, 0.1) is 4.88 Å². The highest BCUT2D eigenvalue weighted by atomic mass is 32.1. The summed E-state index contributed by atoms with van der Waals surface area (Å²) in [6.45, 7) is 3.53. The summed E-state index contributed by atoms with van der Waals surface area (Å²) in [5.41, 5.74) is 1.23. The fourth-order valence-electron chi connectivity index (χ4n) is 2.33. The number of aryl methyl sites for hydroxylation is 1. The number of benzene rings is 1. The van der Waals surface area contributed by atoms with Gasteiger partial charge in [-0.05, 0) is 55.2 Å². The Morgan fingerprint density at radius 2 is 2.25 bits per heavy atom. The van der Waals surface area contributed by atoms with Crippen LogP contribution < -0.4 is 5.32 Å². The molecule has 0 aliphatic heterocycles. The van der Waals surface area contributed by atoms with Gasteiger partial charge in [-0.25, -0.2) is 4.39 Å². The average Bonchev–Trinajstić information content (AvgIpc) is 3.19. The van der Waals surface area contributed by atoms with E-state index in [9.17, 15) is 9.18 Å². The van der Waals surface area contributed by atoms with Crippen molar-refractivity contribution in [3.63, 3.8) is 0 Å². The smallest absolute Gasteiger partial charge is 0.247 e. The minimum absolute atomic E-state index is 0.293. The fraction of sp³-hybridized carbons (Fsp3) is 0.188. The van der Waals surface area contributed by atoms with Crippen LogP contribution in [-0.2, 0) is 4.79 Å². The normalized spacial score (nSPS) is 12.1. The maximum atomic E-state index is 13.4. The van der Waals surface area contributed by atoms with E-state index < -0.39 is 11.9 Å². The molecule has 0 fully saturated rings. The first-order chi connectivity index (χ1) is 11.5. The number of aromatic amines is 1. The molecule has 2 heterocycles. The maximum absolute atomic E-state index is 13.4. The van der Waals surface area contributed by atoms with Gasteiger partial charge in [0.2, 0.25) is 5.91 Å². The number of nitrogens with zero attached hydrogens (tertiary/aromatic N) is 2. The lowest BCUT2D eigenvalue weighted by Crippen LogP contribution is -2.24. The molecular weight excluding hydrogens is 347 g/mol. The summed E-state index contributed by atoms with van der Waals surface area (Å²) < 4.78 is 15.4. The Kier molecular flexibility index (Phi) is 4.59. The Labute approximate surface area is 147 Å². The van der Waals surface area contributed by atoms with Gasteiger partial charge in [0.1, 0.15) is 11.9 Å². The molecule has 1 aromatic carbocycles. The summed E-state index contributed by atoms with van der Waals surface area (Å²) in [4.78, 5) is 13.5. The largest absolute Gasteiger partial charge is 0.324 e. The summed E-state index contributed by atoms with van der Waals surface area (Å²) in [5.74, 6) is -0.0876. The third-order valence-corrected chi connectivity index (χ3v) is 4.82. The van der Waals surface area contributed by atoms with E-state index in [1.807, 2.05) is 17.5 Å². The number of rotatable bonds is 4. The van der Waals surface area contributed by atoms with Crippen LogP contribution in [-0.4, -0.2) is 20.7 Å². The van der Waals surface area contributed by atoms with Crippen molar-refractivity contribution in [2.24, 2.45) is 0 Å². The fourth-order valence-corrected chi connectivity index (χ4v) is 3.33. The van der Waals surface area contributed by atoms with Crippen molar-refractivity contribution in [1.82, 2.24) is 14.8 Å². The zero-order chi connectivity index (χ0) is 17.3. The van der Waals surface area contributed by atoms with E-state index in [-0.39, 0.29) is 5.91 Å². The number of H-pyrrole nitrogens is 1. The molecule has 0 aliphatic carbocycles. The lowest BCUT2D eigenvalue weighted by atomic mass is 10.2. The molecule has 124 valence electrons. The summed E-state index contributed by atoms with van der Waals surface area (Å²) in [7, 11) is 0. The first kappa shape index (κ1) is 16.5. The first-order valence-corrected chi connectivity index (χ1v) is 8.54. The Hall–Kier alpha value is -2.32. The number of carbonyl (C=O) groups excluding carboxylic acids is 1. The predicted octanol–water partition coefficient (Wildman–Crippen LogP) is 4.32. The molecule has 2 aromatic heterocycles. The molecule has 3 rings (SSSR count). The summed E-state index contributed by atoms with van der Waals surface area (Å²) in [5, 5.41) is 11.6. The second-order valence-corrected chi connectivity index (χ2v) is 6.66. The maximum Gasteiger partial charge on any atom is 0.247 e. The van der Waals surface area contributed by atoms with E-state index in [1.54, 1.807) is 24.5 Å². The van der Waals surface area contributed by atoms with Crippen molar-refractivity contribution in [2.45, 2.75) is 19.9 Å². The topological polar surface area (TPSA) is 62.7 Å². The molecule has 0 bridgehead atoms. The molecule has 0 spiro atoms. The number of carbonyl (C=O) groups is 1. The van der Waals surface area contributed by atoms with Gasteiger partial charge in [-0.3, -0.25) is 14.5 Å². The number of hydrogen-bond donors (Lipinski definition) is 2. The quantitative estimate of drug-likeness (QED) is 0.680. The monoisotopic (exact) mass is 362 g/mol. The SMILES string of the molecule is Cc1ccc(F)cc1NC(=O)[C@H](C)n1c(-c2cccs2)n[nH]c1=S. The van der Waals surface area contributed by atoms with Crippen molar-refractivity contribution in [1.29, 1.82) is 0 Å². The highest BCUT2D eigenvalue weighted by Crippen LogP contribution is 2.26. The molecule has 0 unspecified atom stereocenters. The van der Waals surface area contributed by atoms with Crippen LogP contribution >= 0.6 is 23.6 Å². The number of nitrogens with one attached hydrogen (secondary N) is 2. The molecule has 5 nitrogen and oxygen atoms in total. The zero-order valence-corrected chi connectivity index (χ0v) is 14.7. The van der Waals surface area contributed by atoms with E-state index in [0.29, 0.717) is 16.3 Å². The molecule has 1 amide bonds. The van der Waals surface area contributed by atoms with E-state index in [0.717, 1.165) is 10.4 Å². The van der Waals surface area contributed by atoms with Crippen LogP contribution in [0.2, 0.25) is 0 Å². The van der Waals surface area contributed by atoms with E-state index in [4.69, 9.17) is 12.2 Å². The molecule has 8 heteroatoms. The standard InChI is InChI=1S/C16H15FN4OS2/c1-9-5-6-11(17)8-12(9)18-15(22)10(2)21-14(19-20-16(21)23)13-4-3-7-24-13/h3-8,10H,1-2H3,(H,18,22)(H,20,23)/t10-/m0/s1. The van der Waals surface area contributed by atoms with Crippen LogP contribution in [0.3, 0.4) is 0 Å². The van der Waals surface area contributed by atoms with Crippen LogP contribution in [0.15, 0.2) is 35.7 Å². The number of amides is 1. The molecular formula is C16H15FN4OS2. The van der Waals surface area contributed by atoms with Gasteiger partial charge in [0, 0.05) is 5.69 Å². The van der Waals surface area contributed by atoms with Crippen LogP contribution in [0.5, 0.6) is 0 Å². The Bertz CT molecular complexity index is 930. The van der Waals surface area contributed by atoms with Gasteiger partial charge in [0.15, 0.2) is 10.6 Å². The number of anilines is 1. The Morgan fingerprint density at radius 3 is 2.96 bits per heavy atom. The van der Waals surface area contributed by atoms with Crippen molar-refractivity contribution in [2.75, 3.05) is 5.32 Å². The number of hydrogen-bond acceptors (Lipinski definition) is 4. The van der Waals surface area contributed by atoms with Crippen molar-refractivity contribution >= 4 is 35.1 Å². The molecule has 24 heavy (non-hydrogen) atoms. The molecule has 1 atom stereocenters. The first-order valence-electron chi connectivity index (χ1n) is 7.25. The van der Waals surface area contributed by atoms with Crippen molar-refractivity contribution in [3.8, 4) is 10.7 Å². The third kappa shape index (κ3) is 3.15. The summed E-state index contributed by atoms with van der Waals surface area (Å²) >= 11 is 6.77. The van der Waals surface area contributed by atoms with Gasteiger partial charge in [-0.15, -0.1) is 11.3 Å². The van der Waals surface area contributed by atoms with Crippen LogP contribution in [0.25, 0.3) is 10.7 Å². The minimum atomic E-state index is -0.601. The van der Waals surface area contributed by atoms with Gasteiger partial charge >= 0.3 is 0 Å². The van der Waals surface area contributed by atoms with Crippen molar-refractivity contribution in [3.05, 3.63) is 51.9 Å². The molecule has 0 saturated carbocycles. The van der Waals surface area contributed by atoms with Crippen LogP contribution in [0.1, 0.15) is 18.5 Å². The van der Waals surface area contributed by atoms with Gasteiger partial charge in [0.25, 0.3) is 0 Å². The molecule has 3 aromatic rings. The average molecular weight is 362 g/mol. The van der Waals surface area contributed by atoms with Crippen LogP contribution in [0, 0.1) is 17.5 Å². The van der Waals surface area contributed by atoms with Crippen LogP contribution in [0.4, 0.5) is 10.1 Å². The Morgan fingerprint density at radius 1 is 1.46 bits per heavy atom. The lowest BCUT2D eigenvalue weighted by Gasteiger charge is -2.16. The van der Waals surface area contributed by atoms with Gasteiger partial charge in [-0.2, -0.15) is 5.10 Å². The number of aromatic nitrogens is 3. The number of thiophene rings is 1. The zero-order valence-electron chi connectivity index (χ0n) is 13.0. The number of halogens is 1. The molecule has 0 saturated heterocycles. The van der Waals surface area contributed by atoms with Crippen molar-refractivity contribution < 1.29 is 9.18 Å². The molecule has 0 aliphatic rings. The summed E-state index contributed by atoms with van der Waals surface area (Å²) in [6, 6.07) is 7.49. The molecule has 0 radical (unpaired) electrons. The third-order valence-electron chi connectivity index (χ3n) is 3.67. The highest BCUT2D eigenvalue weighted by Gasteiger charge is 2.22. The van der Waals surface area contributed by atoms with E-state index >= 15 is 0 Å². The minimum Gasteiger partial charge on any atom is -0.324 e. The lowest BCUT2D eigenvalue weighted by molar-refractivity contribution is -0.118. The second kappa shape index (κ2) is 6.66. The highest BCUT2D eigenvalue weighted by molar-refractivity contribution is 7.71.